The van der Waals surface area contributed by atoms with Gasteiger partial charge in [-0.3, -0.25) is 9.59 Å². The van der Waals surface area contributed by atoms with Gasteiger partial charge in [0.2, 0.25) is 0 Å². The summed E-state index contributed by atoms with van der Waals surface area (Å²) in [6, 6.07) is 0. The minimum absolute atomic E-state index is 0. The molecule has 0 heterocycles. The molecule has 7 heteroatoms. The second kappa shape index (κ2) is 19.8. The molecule has 0 bridgehead atoms. The minimum Gasteiger partial charge on any atom is -0.481 e. The monoisotopic (exact) mass is 328 g/mol. The van der Waals surface area contributed by atoms with Gasteiger partial charge in [0.15, 0.2) is 0 Å². The maximum atomic E-state index is 9.90. The number of carbonyl (C=O) groups is 2. The largest absolute Gasteiger partial charge is 0.481 e. The Labute approximate surface area is 126 Å². The summed E-state index contributed by atoms with van der Waals surface area (Å²) in [4.78, 5) is 19.8. The smallest absolute Gasteiger partial charge is 0.303 e. The second-order valence-electron chi connectivity index (χ2n) is 3.86. The van der Waals surface area contributed by atoms with Gasteiger partial charge in [-0.15, -0.1) is 0 Å². The van der Waals surface area contributed by atoms with E-state index >= 15 is 0 Å². The number of rotatable bonds is 10. The molecule has 0 aliphatic rings. The molecule has 0 atom stereocenters. The first-order valence-corrected chi connectivity index (χ1v) is 6.20. The molecule has 19 heavy (non-hydrogen) atoms. The van der Waals surface area contributed by atoms with Gasteiger partial charge in [0.1, 0.15) is 0 Å². The van der Waals surface area contributed by atoms with E-state index in [0.717, 1.165) is 12.8 Å². The third-order valence-electron chi connectivity index (χ3n) is 2.10. The van der Waals surface area contributed by atoms with Crippen molar-refractivity contribution >= 4 is 11.9 Å². The summed E-state index contributed by atoms with van der Waals surface area (Å²) < 4.78 is 0. The van der Waals surface area contributed by atoms with Crippen molar-refractivity contribution in [3.05, 3.63) is 0 Å². The number of carboxylic acids is 2. The Kier molecular flexibility index (Phi) is 24.6. The van der Waals surface area contributed by atoms with Gasteiger partial charge in [0.25, 0.3) is 0 Å². The molecule has 0 rings (SSSR count). The zero-order valence-electron chi connectivity index (χ0n) is 11.4. The van der Waals surface area contributed by atoms with Crippen LogP contribution < -0.4 is 0 Å². The van der Waals surface area contributed by atoms with Crippen molar-refractivity contribution in [2.45, 2.75) is 51.4 Å². The van der Waals surface area contributed by atoms with Gasteiger partial charge in [0, 0.05) is 45.5 Å². The number of aliphatic hydroxyl groups is 2. The Morgan fingerprint density at radius 2 is 0.947 bits per heavy atom. The summed E-state index contributed by atoms with van der Waals surface area (Å²) in [5.41, 5.74) is 0. The van der Waals surface area contributed by atoms with E-state index in [4.69, 9.17) is 20.4 Å². The zero-order chi connectivity index (χ0) is 14.2. The molecule has 0 unspecified atom stereocenters. The van der Waals surface area contributed by atoms with Crippen LogP contribution in [0, 0.1) is 0 Å². The third-order valence-corrected chi connectivity index (χ3v) is 2.10. The van der Waals surface area contributed by atoms with Gasteiger partial charge in [-0.25, -0.2) is 0 Å². The van der Waals surface area contributed by atoms with Crippen molar-refractivity contribution in [3.63, 3.8) is 0 Å². The van der Waals surface area contributed by atoms with Crippen LogP contribution in [-0.4, -0.2) is 45.6 Å². The average molecular weight is 330 g/mol. The van der Waals surface area contributed by atoms with Crippen molar-refractivity contribution in [1.82, 2.24) is 0 Å². The molecule has 6 nitrogen and oxygen atoms in total. The molecule has 0 amide bonds. The number of aliphatic hydroxyl groups excluding tert-OH is 2. The first-order valence-electron chi connectivity index (χ1n) is 6.20. The molecular weight excluding hydrogens is 306 g/mol. The van der Waals surface area contributed by atoms with Crippen LogP contribution in [-0.2, 0) is 29.1 Å². The molecular formula is C12H24O6Zn. The number of carboxylic acid groups (broad SMARTS) is 2. The van der Waals surface area contributed by atoms with Crippen LogP contribution in [0.1, 0.15) is 51.4 Å². The topological polar surface area (TPSA) is 115 Å². The fourth-order valence-corrected chi connectivity index (χ4v) is 1.13. The van der Waals surface area contributed by atoms with E-state index in [2.05, 4.69) is 0 Å². The van der Waals surface area contributed by atoms with Crippen LogP contribution in [0.15, 0.2) is 0 Å². The van der Waals surface area contributed by atoms with Crippen molar-refractivity contribution in [1.29, 1.82) is 0 Å². The second-order valence-corrected chi connectivity index (χ2v) is 3.86. The summed E-state index contributed by atoms with van der Waals surface area (Å²) in [6.45, 7) is 0.333. The molecule has 0 aromatic carbocycles. The van der Waals surface area contributed by atoms with Gasteiger partial charge in [-0.1, -0.05) is 12.8 Å². The molecule has 0 fully saturated rings. The first kappa shape index (κ1) is 23.6. The van der Waals surface area contributed by atoms with Gasteiger partial charge >= 0.3 is 11.9 Å². The van der Waals surface area contributed by atoms with Gasteiger partial charge in [-0.2, -0.15) is 0 Å². The van der Waals surface area contributed by atoms with Crippen molar-refractivity contribution in [2.24, 2.45) is 0 Å². The van der Waals surface area contributed by atoms with Crippen LogP contribution in [0.4, 0.5) is 0 Å². The van der Waals surface area contributed by atoms with E-state index in [-0.39, 0.29) is 45.5 Å². The fraction of sp³-hybridized carbons (Fsp3) is 0.833. The molecule has 0 radical (unpaired) electrons. The summed E-state index contributed by atoms with van der Waals surface area (Å²) in [5, 5.41) is 32.9. The van der Waals surface area contributed by atoms with E-state index in [1.165, 1.54) is 0 Å². The standard InChI is InChI=1S/2C6H12O3.Zn/c2*7-5-3-1-2-4-6(8)9;/h2*7H,1-5H2,(H,8,9);. The van der Waals surface area contributed by atoms with Crippen LogP contribution in [0.25, 0.3) is 0 Å². The van der Waals surface area contributed by atoms with E-state index < -0.39 is 11.9 Å². The summed E-state index contributed by atoms with van der Waals surface area (Å²) in [6.07, 6.45) is 4.85. The minimum atomic E-state index is -0.757. The van der Waals surface area contributed by atoms with Crippen molar-refractivity contribution < 1.29 is 49.5 Å². The normalized spacial score (nSPS) is 8.95. The first-order chi connectivity index (χ1) is 8.54. The molecule has 0 aromatic rings. The van der Waals surface area contributed by atoms with E-state index in [0.29, 0.717) is 25.7 Å². The predicted molar refractivity (Wildman–Crippen MR) is 66.4 cm³/mol. The average Bonchev–Trinajstić information content (AvgIpc) is 2.31. The number of hydrogen-bond donors (Lipinski definition) is 4. The van der Waals surface area contributed by atoms with E-state index in [1.54, 1.807) is 0 Å². The van der Waals surface area contributed by atoms with Gasteiger partial charge in [0.05, 0.1) is 0 Å². The Morgan fingerprint density at radius 3 is 1.16 bits per heavy atom. The molecule has 0 saturated heterocycles. The summed E-state index contributed by atoms with van der Waals surface area (Å²) >= 11 is 0. The van der Waals surface area contributed by atoms with Crippen molar-refractivity contribution in [3.8, 4) is 0 Å². The van der Waals surface area contributed by atoms with E-state index in [9.17, 15) is 9.59 Å². The molecule has 0 aliphatic heterocycles. The molecule has 110 valence electrons. The summed E-state index contributed by atoms with van der Waals surface area (Å²) in [7, 11) is 0. The Balaban J connectivity index is -0.000000256. The van der Waals surface area contributed by atoms with Crippen LogP contribution >= 0.6 is 0 Å². The Bertz CT molecular complexity index is 188. The Hall–Kier alpha value is -0.517. The maximum absolute atomic E-state index is 9.90. The number of hydrogen-bond acceptors (Lipinski definition) is 4. The van der Waals surface area contributed by atoms with Crippen LogP contribution in [0.5, 0.6) is 0 Å². The van der Waals surface area contributed by atoms with Crippen LogP contribution in [0.2, 0.25) is 0 Å². The number of unbranched alkanes of at least 4 members (excludes halogenated alkanes) is 4. The zero-order valence-corrected chi connectivity index (χ0v) is 14.4. The quantitative estimate of drug-likeness (QED) is 0.354. The molecule has 0 aromatic heterocycles. The van der Waals surface area contributed by atoms with Crippen LogP contribution in [0.3, 0.4) is 0 Å². The number of aliphatic carboxylic acids is 2. The molecule has 0 saturated carbocycles. The third kappa shape index (κ3) is 31.8. The molecule has 4 N–H and O–H groups in total. The predicted octanol–water partition coefficient (Wildman–Crippen LogP) is 1.24. The Morgan fingerprint density at radius 1 is 0.632 bits per heavy atom. The van der Waals surface area contributed by atoms with Crippen molar-refractivity contribution in [2.75, 3.05) is 13.2 Å². The van der Waals surface area contributed by atoms with Gasteiger partial charge < -0.3 is 20.4 Å². The maximum Gasteiger partial charge on any atom is 0.303 e. The molecule has 0 aliphatic carbocycles. The molecule has 0 spiro atoms. The SMILES string of the molecule is O=C(O)CCCCCO.O=C(O)CCCCCO.[Zn]. The fourth-order valence-electron chi connectivity index (χ4n) is 1.13. The summed E-state index contributed by atoms with van der Waals surface area (Å²) in [5.74, 6) is -1.51. The van der Waals surface area contributed by atoms with Gasteiger partial charge in [-0.05, 0) is 25.7 Å². The van der Waals surface area contributed by atoms with E-state index in [1.807, 2.05) is 0 Å².